The zero-order chi connectivity index (χ0) is 19.4. The topological polar surface area (TPSA) is 124 Å². The lowest BCUT2D eigenvalue weighted by Gasteiger charge is -2.21. The van der Waals surface area contributed by atoms with Crippen molar-refractivity contribution in [3.63, 3.8) is 0 Å². The standard InChI is InChI=1S/C17H24N4O4/c1-9-12(7-19-8-13(22)25-17(4,5)6)10(2)15(20-21-18)11(3)14(9)16(23)24/h19H,7-8H2,1-6H3,(H,23,24). The van der Waals surface area contributed by atoms with Gasteiger partial charge in [-0.05, 0) is 69.3 Å². The first kappa shape index (κ1) is 20.5. The molecule has 0 unspecified atom stereocenters. The van der Waals surface area contributed by atoms with Crippen LogP contribution >= 0.6 is 0 Å². The molecule has 0 aliphatic heterocycles. The monoisotopic (exact) mass is 348 g/mol. The van der Waals surface area contributed by atoms with Crippen molar-refractivity contribution in [2.24, 2.45) is 5.11 Å². The Balaban J connectivity index is 3.13. The van der Waals surface area contributed by atoms with E-state index in [0.29, 0.717) is 27.9 Å². The average Bonchev–Trinajstić information content (AvgIpc) is 2.45. The number of rotatable bonds is 6. The van der Waals surface area contributed by atoms with Gasteiger partial charge in [-0.2, -0.15) is 0 Å². The van der Waals surface area contributed by atoms with Crippen LogP contribution in [0.15, 0.2) is 5.11 Å². The quantitative estimate of drug-likeness (QED) is 0.351. The molecule has 8 nitrogen and oxygen atoms in total. The van der Waals surface area contributed by atoms with Crippen molar-refractivity contribution >= 4 is 17.6 Å². The molecule has 0 saturated carbocycles. The molecule has 0 amide bonds. The largest absolute Gasteiger partial charge is 0.478 e. The second-order valence-electron chi connectivity index (χ2n) is 6.76. The van der Waals surface area contributed by atoms with Gasteiger partial charge in [-0.25, -0.2) is 4.79 Å². The number of benzene rings is 1. The number of nitrogens with zero attached hydrogens (tertiary/aromatic N) is 3. The van der Waals surface area contributed by atoms with Crippen LogP contribution in [-0.4, -0.2) is 29.2 Å². The van der Waals surface area contributed by atoms with E-state index in [1.165, 1.54) is 0 Å². The third-order valence-electron chi connectivity index (χ3n) is 3.72. The van der Waals surface area contributed by atoms with E-state index in [0.717, 1.165) is 0 Å². The van der Waals surface area contributed by atoms with Gasteiger partial charge in [0.25, 0.3) is 0 Å². The average molecular weight is 348 g/mol. The van der Waals surface area contributed by atoms with Gasteiger partial charge in [0.05, 0.1) is 12.1 Å². The smallest absolute Gasteiger partial charge is 0.336 e. The lowest BCUT2D eigenvalue weighted by atomic mass is 9.91. The third kappa shape index (κ3) is 5.20. The summed E-state index contributed by atoms with van der Waals surface area (Å²) >= 11 is 0. The molecule has 1 aromatic carbocycles. The van der Waals surface area contributed by atoms with Crippen LogP contribution in [0.25, 0.3) is 10.4 Å². The zero-order valence-electron chi connectivity index (χ0n) is 15.4. The number of carbonyl (C=O) groups is 2. The highest BCUT2D eigenvalue weighted by Crippen LogP contribution is 2.33. The number of hydrogen-bond acceptors (Lipinski definition) is 5. The summed E-state index contributed by atoms with van der Waals surface area (Å²) < 4.78 is 5.22. The molecule has 1 aromatic rings. The minimum absolute atomic E-state index is 0.0106. The minimum atomic E-state index is -1.09. The van der Waals surface area contributed by atoms with Crippen LogP contribution in [0.2, 0.25) is 0 Å². The summed E-state index contributed by atoms with van der Waals surface area (Å²) in [6, 6.07) is 0. The van der Waals surface area contributed by atoms with Crippen LogP contribution in [0, 0.1) is 20.8 Å². The molecule has 0 aromatic heterocycles. The van der Waals surface area contributed by atoms with E-state index in [2.05, 4.69) is 15.3 Å². The van der Waals surface area contributed by atoms with Crippen molar-refractivity contribution < 1.29 is 19.4 Å². The molecule has 136 valence electrons. The van der Waals surface area contributed by atoms with E-state index in [9.17, 15) is 14.7 Å². The number of aromatic carboxylic acids is 1. The van der Waals surface area contributed by atoms with E-state index in [1.54, 1.807) is 41.5 Å². The van der Waals surface area contributed by atoms with Gasteiger partial charge in [0.2, 0.25) is 0 Å². The summed E-state index contributed by atoms with van der Waals surface area (Å²) in [5, 5.41) is 16.1. The van der Waals surface area contributed by atoms with Gasteiger partial charge in [-0.3, -0.25) is 4.79 Å². The van der Waals surface area contributed by atoms with Crippen LogP contribution in [0.1, 0.15) is 53.4 Å². The molecule has 0 atom stereocenters. The molecule has 0 heterocycles. The minimum Gasteiger partial charge on any atom is -0.478 e. The van der Waals surface area contributed by atoms with Crippen LogP contribution in [0.3, 0.4) is 0 Å². The molecule has 1 rings (SSSR count). The molecule has 0 aliphatic rings. The van der Waals surface area contributed by atoms with Crippen molar-refractivity contribution in [2.75, 3.05) is 6.54 Å². The molecule has 25 heavy (non-hydrogen) atoms. The highest BCUT2D eigenvalue weighted by atomic mass is 16.6. The van der Waals surface area contributed by atoms with E-state index < -0.39 is 17.5 Å². The van der Waals surface area contributed by atoms with Crippen LogP contribution in [0.4, 0.5) is 5.69 Å². The fraction of sp³-hybridized carbons (Fsp3) is 0.529. The summed E-state index contributed by atoms with van der Waals surface area (Å²) in [5.74, 6) is -1.48. The first-order chi connectivity index (χ1) is 11.5. The van der Waals surface area contributed by atoms with Crippen molar-refractivity contribution in [1.29, 1.82) is 0 Å². The third-order valence-corrected chi connectivity index (χ3v) is 3.72. The molecule has 0 fully saturated rings. The Morgan fingerprint density at radius 3 is 2.28 bits per heavy atom. The summed E-state index contributed by atoms with van der Waals surface area (Å²) in [6.07, 6.45) is 0. The Kier molecular flexibility index (Phi) is 6.55. The van der Waals surface area contributed by atoms with E-state index in [-0.39, 0.29) is 18.7 Å². The number of azide groups is 1. The zero-order valence-corrected chi connectivity index (χ0v) is 15.4. The Labute approximate surface area is 146 Å². The molecular weight excluding hydrogens is 324 g/mol. The Hall–Kier alpha value is -2.57. The summed E-state index contributed by atoms with van der Waals surface area (Å²) in [7, 11) is 0. The molecule has 0 spiro atoms. The van der Waals surface area contributed by atoms with E-state index >= 15 is 0 Å². The highest BCUT2D eigenvalue weighted by molar-refractivity contribution is 5.93. The number of ether oxygens (including phenoxy) is 1. The summed E-state index contributed by atoms with van der Waals surface area (Å²) in [5.41, 5.74) is 11.0. The van der Waals surface area contributed by atoms with Crippen molar-refractivity contribution in [3.8, 4) is 0 Å². The maximum atomic E-state index is 11.8. The van der Waals surface area contributed by atoms with Crippen molar-refractivity contribution in [2.45, 2.75) is 53.7 Å². The fourth-order valence-electron chi connectivity index (χ4n) is 2.70. The predicted molar refractivity (Wildman–Crippen MR) is 94.0 cm³/mol. The summed E-state index contributed by atoms with van der Waals surface area (Å²) in [6.45, 7) is 10.7. The molecule has 0 saturated heterocycles. The van der Waals surface area contributed by atoms with Gasteiger partial charge >= 0.3 is 11.9 Å². The molecule has 2 N–H and O–H groups in total. The summed E-state index contributed by atoms with van der Waals surface area (Å²) in [4.78, 5) is 26.1. The lowest BCUT2D eigenvalue weighted by Crippen LogP contribution is -2.31. The fourth-order valence-corrected chi connectivity index (χ4v) is 2.70. The van der Waals surface area contributed by atoms with Gasteiger partial charge < -0.3 is 15.2 Å². The molecule has 0 radical (unpaired) electrons. The maximum absolute atomic E-state index is 11.8. The SMILES string of the molecule is Cc1c(CNCC(=O)OC(C)(C)C)c(C)c(C(=O)O)c(C)c1N=[N+]=[N-]. The van der Waals surface area contributed by atoms with Crippen molar-refractivity contribution in [1.82, 2.24) is 5.32 Å². The number of carboxylic acids is 1. The highest BCUT2D eigenvalue weighted by Gasteiger charge is 2.21. The van der Waals surface area contributed by atoms with E-state index in [1.807, 2.05) is 0 Å². The second kappa shape index (κ2) is 8.00. The number of nitrogens with one attached hydrogen (secondary N) is 1. The molecule has 8 heteroatoms. The predicted octanol–water partition coefficient (Wildman–Crippen LogP) is 3.68. The first-order valence-electron chi connectivity index (χ1n) is 7.83. The van der Waals surface area contributed by atoms with Crippen LogP contribution in [-0.2, 0) is 16.1 Å². The number of carbonyl (C=O) groups excluding carboxylic acids is 1. The van der Waals surface area contributed by atoms with Crippen LogP contribution in [0.5, 0.6) is 0 Å². The maximum Gasteiger partial charge on any atom is 0.336 e. The second-order valence-corrected chi connectivity index (χ2v) is 6.76. The molecular formula is C17H24N4O4. The van der Waals surface area contributed by atoms with Gasteiger partial charge in [0.1, 0.15) is 5.60 Å². The van der Waals surface area contributed by atoms with Crippen molar-refractivity contribution in [3.05, 3.63) is 38.3 Å². The Morgan fingerprint density at radius 2 is 1.80 bits per heavy atom. The van der Waals surface area contributed by atoms with E-state index in [4.69, 9.17) is 10.3 Å². The molecule has 0 bridgehead atoms. The van der Waals surface area contributed by atoms with Gasteiger partial charge in [0.15, 0.2) is 0 Å². The Morgan fingerprint density at radius 1 is 1.20 bits per heavy atom. The lowest BCUT2D eigenvalue weighted by molar-refractivity contribution is -0.153. The van der Waals surface area contributed by atoms with Gasteiger partial charge in [-0.15, -0.1) is 0 Å². The van der Waals surface area contributed by atoms with Gasteiger partial charge in [-0.1, -0.05) is 5.11 Å². The molecule has 0 aliphatic carbocycles. The first-order valence-corrected chi connectivity index (χ1v) is 7.83. The normalized spacial score (nSPS) is 11.0. The van der Waals surface area contributed by atoms with Gasteiger partial charge in [0, 0.05) is 17.1 Å². The number of carboxylic acid groups (broad SMARTS) is 1. The Bertz CT molecular complexity index is 715. The number of esters is 1. The number of hydrogen-bond donors (Lipinski definition) is 2. The van der Waals surface area contributed by atoms with Crippen LogP contribution < -0.4 is 5.32 Å².